The monoisotopic (exact) mass is 1570 g/mol. The Hall–Kier alpha value is -17.0. The summed E-state index contributed by atoms with van der Waals surface area (Å²) >= 11 is 0. The number of aliphatic imine (C=N–C) groups is 1. The van der Waals surface area contributed by atoms with Crippen LogP contribution in [0.2, 0.25) is 0 Å². The van der Waals surface area contributed by atoms with Gasteiger partial charge in [0.15, 0.2) is 46.4 Å². The number of rotatable bonds is 16. The molecule has 0 aliphatic carbocycles. The molecule has 2 aliphatic rings. The molecule has 0 bridgehead atoms. The summed E-state index contributed by atoms with van der Waals surface area (Å²) in [6.45, 7) is 1.88. The Morgan fingerprint density at radius 2 is 0.623 bits per heavy atom. The second-order valence-electron chi connectivity index (χ2n) is 30.3. The first-order valence-electron chi connectivity index (χ1n) is 40.3. The quantitative estimate of drug-likeness (QED) is 0.0547. The van der Waals surface area contributed by atoms with Gasteiger partial charge in [0.05, 0.1) is 45.3 Å². The third-order valence-corrected chi connectivity index (χ3v) is 22.9. The fourth-order valence-corrected chi connectivity index (χ4v) is 16.8. The van der Waals surface area contributed by atoms with Crippen molar-refractivity contribution in [3.05, 3.63) is 402 Å². The molecule has 2 N–H and O–H groups in total. The van der Waals surface area contributed by atoms with Gasteiger partial charge in [-0.3, -0.25) is 0 Å². The predicted molar refractivity (Wildman–Crippen MR) is 486 cm³/mol. The minimum absolute atomic E-state index is 0.308. The predicted octanol–water partition coefficient (Wildman–Crippen LogP) is 19.3. The van der Waals surface area contributed by atoms with Crippen molar-refractivity contribution in [3.63, 3.8) is 0 Å². The van der Waals surface area contributed by atoms with Gasteiger partial charge >= 0.3 is 22.5 Å². The molecule has 122 heavy (non-hydrogen) atoms. The summed E-state index contributed by atoms with van der Waals surface area (Å²) in [5, 5.41) is 6.27. The smallest absolute Gasteiger partial charge is 0.395 e. The molecule has 7 aromatic heterocycles. The lowest BCUT2D eigenvalue weighted by Crippen LogP contribution is -2.20. The largest absolute Gasteiger partial charge is 0.503 e. The normalized spacial score (nSPS) is 12.3. The molecule has 2 aliphatic heterocycles. The number of para-hydroxylation sites is 4. The van der Waals surface area contributed by atoms with E-state index in [1.807, 2.05) is 159 Å². The maximum Gasteiger partial charge on any atom is 0.503 e. The summed E-state index contributed by atoms with van der Waals surface area (Å²) in [4.78, 5) is 46.9. The van der Waals surface area contributed by atoms with Crippen molar-refractivity contribution in [3.8, 4) is 125 Å². The number of nitrogens with zero attached hydrogens (tertiary/aromatic N) is 13. The third-order valence-electron chi connectivity index (χ3n) is 22.9. The average Bonchev–Trinajstić information content (AvgIpc) is 1.69. The summed E-state index contributed by atoms with van der Waals surface area (Å²) in [7, 11) is 0. The van der Waals surface area contributed by atoms with Crippen LogP contribution in [0, 0.1) is 6.92 Å². The van der Waals surface area contributed by atoms with E-state index in [0.29, 0.717) is 97.2 Å². The van der Waals surface area contributed by atoms with Gasteiger partial charge in [-0.25, -0.2) is 44.9 Å². The van der Waals surface area contributed by atoms with Crippen LogP contribution in [0.3, 0.4) is 0 Å². The molecular formula is C106H66N14O2+2. The molecule has 16 heteroatoms. The van der Waals surface area contributed by atoms with Crippen molar-refractivity contribution in [2.75, 3.05) is 0 Å². The minimum atomic E-state index is 0.308. The molecule has 9 heterocycles. The van der Waals surface area contributed by atoms with Gasteiger partial charge in [-0.2, -0.15) is 0 Å². The molecule has 0 fully saturated rings. The summed E-state index contributed by atoms with van der Waals surface area (Å²) in [5.74, 6) is 4.45. The van der Waals surface area contributed by atoms with Crippen LogP contribution < -0.4 is 36.6 Å². The summed E-state index contributed by atoms with van der Waals surface area (Å²) in [5.41, 5.74) is 31.5. The van der Waals surface area contributed by atoms with Gasteiger partial charge in [0.25, 0.3) is 0 Å². The molecule has 0 radical (unpaired) electrons. The van der Waals surface area contributed by atoms with Gasteiger partial charge in [0.1, 0.15) is 38.9 Å². The zero-order valence-corrected chi connectivity index (χ0v) is 65.4. The first kappa shape index (κ1) is 70.4. The topological polar surface area (TPSA) is 206 Å². The van der Waals surface area contributed by atoms with Crippen LogP contribution in [0.15, 0.2) is 372 Å². The number of nitrogens with two attached hydrogens (primary N) is 1. The Morgan fingerprint density at radius 1 is 0.295 bits per heavy atom. The summed E-state index contributed by atoms with van der Waals surface area (Å²) < 4.78 is 27.9. The van der Waals surface area contributed by atoms with E-state index < -0.39 is 0 Å². The van der Waals surface area contributed by atoms with Crippen LogP contribution in [0.5, 0.6) is 0 Å². The van der Waals surface area contributed by atoms with Gasteiger partial charge in [-0.15, -0.1) is 0 Å². The number of furan rings is 2. The lowest BCUT2D eigenvalue weighted by molar-refractivity contribution is 0.483. The number of hydrogen-bond donors (Lipinski definition) is 1. The average molecular weight is 1570 g/mol. The van der Waals surface area contributed by atoms with Crippen molar-refractivity contribution in [1.82, 2.24) is 58.3 Å². The number of amidine groups is 1. The number of aryl methyl sites for hydroxylation is 1. The lowest BCUT2D eigenvalue weighted by atomic mass is 10.0. The zero-order valence-electron chi connectivity index (χ0n) is 65.4. The molecule has 16 nitrogen and oxygen atoms in total. The summed E-state index contributed by atoms with van der Waals surface area (Å²) in [6.07, 6.45) is 4.06. The highest BCUT2D eigenvalue weighted by Crippen LogP contribution is 2.38. The van der Waals surface area contributed by atoms with Crippen LogP contribution >= 0.6 is 0 Å². The van der Waals surface area contributed by atoms with Gasteiger partial charge in [0.2, 0.25) is 0 Å². The SMILES string of the molecule is Cc1oc2c(c1N=C(N)c1ccc(-c3nc(-c4ccc(-n5c6ccccc6c6ccccc65)cc4)nc(-c4cccc(C5=[N+]=c6oc7c(-c8ccc(-c9ccccc9)cc8)nc(-c8ccc(-c9nc(-c%10ccccc%10)nc(-c%10ccc(-n%11c%12ccccc%12c%12ccccc%12%11)cc%10)n9)cc8)nc7c6=C5)c4)n3)cc1)=CC(c1cccc(-c3ccccc3)c1)=[N+]=2. The molecular weight excluding hydrogens is 1500 g/mol. The Balaban J connectivity index is 0.593. The molecule has 14 aromatic carbocycles. The molecule has 0 saturated carbocycles. The van der Waals surface area contributed by atoms with Crippen molar-refractivity contribution >= 4 is 89.8 Å². The highest BCUT2D eigenvalue weighted by molar-refractivity contribution is 6.22. The maximum atomic E-state index is 6.94. The Bertz CT molecular complexity index is 8150. The van der Waals surface area contributed by atoms with Crippen LogP contribution in [-0.2, 0) is 0 Å². The van der Waals surface area contributed by atoms with Gasteiger partial charge in [-0.1, -0.05) is 261 Å². The van der Waals surface area contributed by atoms with Gasteiger partial charge in [0, 0.05) is 83.0 Å². The van der Waals surface area contributed by atoms with Crippen molar-refractivity contribution in [1.29, 1.82) is 0 Å². The Kier molecular flexibility index (Phi) is 16.7. The highest BCUT2D eigenvalue weighted by atomic mass is 16.3. The first-order chi connectivity index (χ1) is 60.2. The molecule has 0 saturated heterocycles. The minimum Gasteiger partial charge on any atom is -0.395 e. The fraction of sp³-hybridized carbons (Fsp3) is 0.00943. The maximum absolute atomic E-state index is 6.94. The second-order valence-corrected chi connectivity index (χ2v) is 30.3. The van der Waals surface area contributed by atoms with Gasteiger partial charge < -0.3 is 23.7 Å². The van der Waals surface area contributed by atoms with Crippen molar-refractivity contribution < 1.29 is 8.83 Å². The van der Waals surface area contributed by atoms with E-state index in [4.69, 9.17) is 68.8 Å². The first-order valence-corrected chi connectivity index (χ1v) is 40.3. The van der Waals surface area contributed by atoms with Crippen LogP contribution in [0.1, 0.15) is 22.5 Å². The highest BCUT2D eigenvalue weighted by Gasteiger charge is 2.30. The van der Waals surface area contributed by atoms with E-state index in [1.54, 1.807) is 0 Å². The number of aromatic nitrogens is 10. The van der Waals surface area contributed by atoms with E-state index >= 15 is 0 Å². The third kappa shape index (κ3) is 12.5. The molecule has 23 rings (SSSR count). The summed E-state index contributed by atoms with van der Waals surface area (Å²) in [6, 6.07) is 122. The van der Waals surface area contributed by atoms with Crippen LogP contribution in [-0.4, -0.2) is 66.3 Å². The fourth-order valence-electron chi connectivity index (χ4n) is 16.8. The Labute approximate surface area is 696 Å². The Morgan fingerprint density at radius 3 is 1.10 bits per heavy atom. The molecule has 0 unspecified atom stereocenters. The van der Waals surface area contributed by atoms with Crippen LogP contribution in [0.25, 0.3) is 191 Å². The van der Waals surface area contributed by atoms with Gasteiger partial charge in [-0.05, 0) is 136 Å². The van der Waals surface area contributed by atoms with E-state index in [-0.39, 0.29) is 0 Å². The van der Waals surface area contributed by atoms with Crippen molar-refractivity contribution in [2.24, 2.45) is 10.7 Å². The van der Waals surface area contributed by atoms with E-state index in [2.05, 4.69) is 228 Å². The zero-order chi connectivity index (χ0) is 80.9. The lowest BCUT2D eigenvalue weighted by Gasteiger charge is -2.11. The number of fused-ring (bicyclic) bond motifs is 10. The standard InChI is InChI=1S/C106H66N14O2/c1-63-93(85-61-87(108-105(85)121-63)76-28-19-27-75(59-76)65-23-7-3-8-24-65)110-97(107)68-43-45-71(46-44-68)101-116-103(74-53-57-80(58-54-74)120-91-37-17-13-33-83(91)84-34-14-18-38-92(84)120)118-104(117-101)78-30-20-29-77(60-78)88-62-86-95-96(122-106(86)109-88)94(67-41-39-66(40-42-67)64-21-5-2-6-22-64)111-98(112-95)70-47-49-72(50-48-70)100-113-99(69-25-9-4-10-26-69)114-102(115-100)73-51-55-79(56-52-73)119-89-35-15-11-31-81(89)82-32-12-16-36-90(82)119/h2-62H,1H3,(H2,107,110)/q+2. The van der Waals surface area contributed by atoms with E-state index in [1.165, 1.54) is 21.5 Å². The number of hydrogen-bond acceptors (Lipinski definition) is 11. The van der Waals surface area contributed by atoms with Crippen LogP contribution in [0.4, 0.5) is 5.69 Å². The van der Waals surface area contributed by atoms with E-state index in [0.717, 1.165) is 127 Å². The second kappa shape index (κ2) is 29.0. The molecule has 0 atom stereocenters. The number of benzene rings is 14. The molecule has 0 amide bonds. The molecule has 0 spiro atoms. The van der Waals surface area contributed by atoms with E-state index in [9.17, 15) is 0 Å². The molecule has 21 aromatic rings. The van der Waals surface area contributed by atoms with Crippen molar-refractivity contribution in [2.45, 2.75) is 6.92 Å². The molecule has 570 valence electrons.